The molecular weight excluding hydrogens is 268 g/mol. The van der Waals surface area contributed by atoms with Crippen molar-refractivity contribution in [3.05, 3.63) is 42.3 Å². The molecule has 1 fully saturated rings. The predicted octanol–water partition coefficient (Wildman–Crippen LogP) is 2.23. The second-order valence-corrected chi connectivity index (χ2v) is 5.33. The second kappa shape index (κ2) is 6.10. The van der Waals surface area contributed by atoms with Crippen molar-refractivity contribution in [1.29, 1.82) is 0 Å². The topological polar surface area (TPSA) is 75.4 Å². The van der Waals surface area contributed by atoms with Gasteiger partial charge in [-0.05, 0) is 37.3 Å². The molecule has 1 saturated carbocycles. The van der Waals surface area contributed by atoms with Crippen LogP contribution < -0.4 is 5.32 Å². The van der Waals surface area contributed by atoms with Crippen LogP contribution in [0.2, 0.25) is 0 Å². The van der Waals surface area contributed by atoms with Crippen molar-refractivity contribution in [3.8, 4) is 11.5 Å². The van der Waals surface area contributed by atoms with E-state index < -0.39 is 0 Å². The lowest BCUT2D eigenvalue weighted by molar-refractivity contribution is 0.0919. The van der Waals surface area contributed by atoms with Crippen LogP contribution in [0, 0.1) is 5.92 Å². The van der Waals surface area contributed by atoms with Gasteiger partial charge in [-0.3, -0.25) is 4.79 Å². The molecule has 0 bridgehead atoms. The highest BCUT2D eigenvalue weighted by molar-refractivity contribution is 5.92. The number of nitrogens with zero attached hydrogens (tertiary/aromatic N) is 1. The Kier molecular flexibility index (Phi) is 4.01. The van der Waals surface area contributed by atoms with Gasteiger partial charge >= 0.3 is 0 Å². The van der Waals surface area contributed by atoms with Gasteiger partial charge in [0, 0.05) is 18.2 Å². The van der Waals surface area contributed by atoms with Gasteiger partial charge in [-0.1, -0.05) is 18.2 Å². The molecule has 5 nitrogen and oxygen atoms in total. The van der Waals surface area contributed by atoms with Crippen LogP contribution in [-0.2, 0) is 0 Å². The van der Waals surface area contributed by atoms with Gasteiger partial charge in [0.2, 0.25) is 5.89 Å². The number of oxazole rings is 1. The minimum atomic E-state index is -0.244. The van der Waals surface area contributed by atoms with Crippen molar-refractivity contribution < 1.29 is 14.3 Å². The molecular formula is C16H18N2O3. The Bertz CT molecular complexity index is 605. The van der Waals surface area contributed by atoms with E-state index in [9.17, 15) is 4.79 Å². The molecule has 0 aliphatic heterocycles. The first-order chi connectivity index (χ1) is 10.3. The summed E-state index contributed by atoms with van der Waals surface area (Å²) in [6, 6.07) is 9.49. The number of benzene rings is 1. The third-order valence-corrected chi connectivity index (χ3v) is 3.71. The molecule has 110 valence electrons. The largest absolute Gasteiger partial charge is 0.444 e. The first-order valence-corrected chi connectivity index (χ1v) is 7.20. The Balaban J connectivity index is 1.69. The van der Waals surface area contributed by atoms with E-state index in [1.54, 1.807) is 0 Å². The van der Waals surface area contributed by atoms with Crippen LogP contribution in [0.4, 0.5) is 0 Å². The fraction of sp³-hybridized carbons (Fsp3) is 0.375. The molecule has 2 aromatic rings. The minimum absolute atomic E-state index is 0.0272. The fourth-order valence-corrected chi connectivity index (χ4v) is 2.40. The van der Waals surface area contributed by atoms with Crippen molar-refractivity contribution in [2.45, 2.75) is 25.3 Å². The number of aliphatic hydroxyl groups excluding tert-OH is 1. The summed E-state index contributed by atoms with van der Waals surface area (Å²) in [5.41, 5.74) is 1.11. The Labute approximate surface area is 123 Å². The number of amides is 1. The van der Waals surface area contributed by atoms with Crippen molar-refractivity contribution in [2.24, 2.45) is 5.92 Å². The lowest BCUT2D eigenvalue weighted by Crippen LogP contribution is -2.37. The zero-order chi connectivity index (χ0) is 14.7. The Morgan fingerprint density at radius 2 is 2.14 bits per heavy atom. The SMILES string of the molecule is O=C(NC(CCO)C1CC1)c1coc(-c2ccccc2)n1. The number of carbonyl (C=O) groups excluding carboxylic acids is 1. The number of hydrogen-bond acceptors (Lipinski definition) is 4. The van der Waals surface area contributed by atoms with Crippen molar-refractivity contribution in [2.75, 3.05) is 6.61 Å². The highest BCUT2D eigenvalue weighted by Crippen LogP contribution is 2.34. The zero-order valence-electron chi connectivity index (χ0n) is 11.7. The number of hydrogen-bond donors (Lipinski definition) is 2. The molecule has 1 aliphatic rings. The highest BCUT2D eigenvalue weighted by Gasteiger charge is 2.32. The van der Waals surface area contributed by atoms with Crippen LogP contribution in [0.3, 0.4) is 0 Å². The maximum atomic E-state index is 12.2. The van der Waals surface area contributed by atoms with E-state index in [4.69, 9.17) is 9.52 Å². The fourth-order valence-electron chi connectivity index (χ4n) is 2.40. The number of aliphatic hydroxyl groups is 1. The van der Waals surface area contributed by atoms with E-state index in [1.807, 2.05) is 30.3 Å². The summed E-state index contributed by atoms with van der Waals surface area (Å²) >= 11 is 0. The number of carbonyl (C=O) groups is 1. The van der Waals surface area contributed by atoms with Crippen molar-refractivity contribution in [1.82, 2.24) is 10.3 Å². The van der Waals surface area contributed by atoms with Gasteiger partial charge < -0.3 is 14.8 Å². The maximum absolute atomic E-state index is 12.2. The van der Waals surface area contributed by atoms with Crippen LogP contribution in [0.1, 0.15) is 29.8 Å². The summed E-state index contributed by atoms with van der Waals surface area (Å²) < 4.78 is 5.37. The molecule has 0 radical (unpaired) electrons. The average molecular weight is 286 g/mol. The van der Waals surface area contributed by atoms with E-state index in [1.165, 1.54) is 6.26 Å². The maximum Gasteiger partial charge on any atom is 0.273 e. The van der Waals surface area contributed by atoms with Crippen LogP contribution in [0.15, 0.2) is 41.0 Å². The standard InChI is InChI=1S/C16H18N2O3/c19-9-8-13(11-6-7-11)17-15(20)14-10-21-16(18-14)12-4-2-1-3-5-12/h1-5,10-11,13,19H,6-9H2,(H,17,20). The molecule has 21 heavy (non-hydrogen) atoms. The number of nitrogens with one attached hydrogen (secondary N) is 1. The molecule has 2 N–H and O–H groups in total. The van der Waals surface area contributed by atoms with Gasteiger partial charge in [0.1, 0.15) is 6.26 Å². The van der Waals surface area contributed by atoms with Crippen LogP contribution in [0.5, 0.6) is 0 Å². The lowest BCUT2D eigenvalue weighted by atomic mass is 10.1. The van der Waals surface area contributed by atoms with Gasteiger partial charge in [-0.15, -0.1) is 0 Å². The summed E-state index contributed by atoms with van der Waals surface area (Å²) in [5, 5.41) is 12.0. The van der Waals surface area contributed by atoms with Gasteiger partial charge in [0.05, 0.1) is 0 Å². The molecule has 1 heterocycles. The molecule has 1 unspecified atom stereocenters. The number of aromatic nitrogens is 1. The quantitative estimate of drug-likeness (QED) is 0.854. The third-order valence-electron chi connectivity index (χ3n) is 3.71. The molecule has 0 spiro atoms. The van der Waals surface area contributed by atoms with E-state index >= 15 is 0 Å². The smallest absolute Gasteiger partial charge is 0.273 e. The minimum Gasteiger partial charge on any atom is -0.444 e. The van der Waals surface area contributed by atoms with Crippen molar-refractivity contribution >= 4 is 5.91 Å². The molecule has 1 aromatic heterocycles. The van der Waals surface area contributed by atoms with Crippen LogP contribution >= 0.6 is 0 Å². The Morgan fingerprint density at radius 3 is 2.81 bits per heavy atom. The normalized spacial score (nSPS) is 15.7. The molecule has 5 heteroatoms. The summed E-state index contributed by atoms with van der Waals surface area (Å²) in [4.78, 5) is 16.4. The van der Waals surface area contributed by atoms with E-state index in [-0.39, 0.29) is 24.2 Å². The zero-order valence-corrected chi connectivity index (χ0v) is 11.7. The first-order valence-electron chi connectivity index (χ1n) is 7.20. The molecule has 1 aliphatic carbocycles. The second-order valence-electron chi connectivity index (χ2n) is 5.33. The van der Waals surface area contributed by atoms with Gasteiger partial charge in [-0.25, -0.2) is 4.98 Å². The van der Waals surface area contributed by atoms with Crippen LogP contribution in [0.25, 0.3) is 11.5 Å². The van der Waals surface area contributed by atoms with E-state index in [0.717, 1.165) is 18.4 Å². The first kappa shape index (κ1) is 13.8. The summed E-state index contributed by atoms with van der Waals surface area (Å²) in [7, 11) is 0. The summed E-state index contributed by atoms with van der Waals surface area (Å²) in [5.74, 6) is 0.679. The predicted molar refractivity (Wildman–Crippen MR) is 77.6 cm³/mol. The van der Waals surface area contributed by atoms with Gasteiger partial charge in [-0.2, -0.15) is 0 Å². The monoisotopic (exact) mass is 286 g/mol. The van der Waals surface area contributed by atoms with Gasteiger partial charge in [0.15, 0.2) is 5.69 Å². The molecule has 3 rings (SSSR count). The highest BCUT2D eigenvalue weighted by atomic mass is 16.3. The average Bonchev–Trinajstić information content (AvgIpc) is 3.24. The number of rotatable bonds is 6. The van der Waals surface area contributed by atoms with Gasteiger partial charge in [0.25, 0.3) is 5.91 Å². The molecule has 0 saturated heterocycles. The van der Waals surface area contributed by atoms with E-state index in [2.05, 4.69) is 10.3 Å². The van der Waals surface area contributed by atoms with E-state index in [0.29, 0.717) is 18.2 Å². The van der Waals surface area contributed by atoms with Crippen molar-refractivity contribution in [3.63, 3.8) is 0 Å². The summed E-state index contributed by atoms with van der Waals surface area (Å²) in [6.07, 6.45) is 4.18. The molecule has 1 amide bonds. The summed E-state index contributed by atoms with van der Waals surface area (Å²) in [6.45, 7) is 0.0789. The Hall–Kier alpha value is -2.14. The molecule has 1 atom stereocenters. The molecule has 1 aromatic carbocycles. The van der Waals surface area contributed by atoms with Crippen LogP contribution in [-0.4, -0.2) is 28.6 Å². The third kappa shape index (κ3) is 3.31. The Morgan fingerprint density at radius 1 is 1.38 bits per heavy atom. The lowest BCUT2D eigenvalue weighted by Gasteiger charge is -2.15.